The van der Waals surface area contributed by atoms with Crippen molar-refractivity contribution in [3.8, 4) is 0 Å². The van der Waals surface area contributed by atoms with Crippen LogP contribution in [-0.2, 0) is 45.9 Å². The van der Waals surface area contributed by atoms with Crippen molar-refractivity contribution in [1.29, 1.82) is 0 Å². The molecular formula is C43H80N7O17P3S. The van der Waals surface area contributed by atoms with Crippen LogP contribution in [0.2, 0.25) is 0 Å². The highest BCUT2D eigenvalue weighted by molar-refractivity contribution is 7.99. The first-order valence-corrected chi connectivity index (χ1v) is 30.4. The van der Waals surface area contributed by atoms with Crippen LogP contribution in [0.4, 0.5) is 5.82 Å². The van der Waals surface area contributed by atoms with Crippen LogP contribution in [0.5, 0.6) is 0 Å². The first-order chi connectivity index (χ1) is 33.6. The van der Waals surface area contributed by atoms with Crippen LogP contribution in [0.15, 0.2) is 12.7 Å². The van der Waals surface area contributed by atoms with E-state index in [1.165, 1.54) is 110 Å². The number of ether oxygens (including phenoxy) is 1. The topological polar surface area (TPSA) is 367 Å². The molecule has 2 aromatic rings. The molecule has 0 radical (unpaired) electrons. The van der Waals surface area contributed by atoms with Crippen LogP contribution < -0.4 is 16.4 Å². The molecule has 11 N–H and O–H groups in total. The molecule has 3 heterocycles. The SMILES string of the molecule is CCCCCCCCCCCCCCCCCCCC(O)CCSCCNC(=O)CCNC(=O)C(O)C(C)(C)COP(=O)(O)OP(=O)(O)OC[C@H]1O[C@H](n2cnc3c(N)ncnc32)[C@H](O)[C@@H]1OP(=O)(O)O. The molecule has 24 nitrogen and oxygen atoms in total. The van der Waals surface area contributed by atoms with Gasteiger partial charge in [0, 0.05) is 30.7 Å². The lowest BCUT2D eigenvalue weighted by molar-refractivity contribution is -0.137. The largest absolute Gasteiger partial charge is 0.481 e. The molecule has 0 aliphatic carbocycles. The van der Waals surface area contributed by atoms with Gasteiger partial charge >= 0.3 is 23.5 Å². The van der Waals surface area contributed by atoms with Gasteiger partial charge in [0.05, 0.1) is 25.6 Å². The Labute approximate surface area is 421 Å². The number of nitrogen functional groups attached to an aromatic ring is 1. The number of nitrogens with zero attached hydrogens (tertiary/aromatic N) is 4. The summed E-state index contributed by atoms with van der Waals surface area (Å²) in [6.07, 6.45) is 16.7. The number of thioether (sulfide) groups is 1. The third-order valence-corrected chi connectivity index (χ3v) is 16.0. The molecule has 1 saturated heterocycles. The molecule has 3 rings (SSSR count). The third-order valence-electron chi connectivity index (χ3n) is 11.9. The van der Waals surface area contributed by atoms with Crippen molar-refractivity contribution in [2.75, 3.05) is 43.5 Å². The highest BCUT2D eigenvalue weighted by atomic mass is 32.2. The summed E-state index contributed by atoms with van der Waals surface area (Å²) in [4.78, 5) is 76.3. The minimum Gasteiger partial charge on any atom is -0.393 e. The Morgan fingerprint density at radius 1 is 0.817 bits per heavy atom. The maximum absolute atomic E-state index is 12.8. The molecule has 1 aliphatic rings. The van der Waals surface area contributed by atoms with Gasteiger partial charge in [0.15, 0.2) is 17.7 Å². The van der Waals surface area contributed by atoms with Crippen LogP contribution >= 0.6 is 35.2 Å². The highest BCUT2D eigenvalue weighted by Gasteiger charge is 2.50. The average Bonchev–Trinajstić information content (AvgIpc) is 3.86. The Kier molecular flexibility index (Phi) is 28.7. The van der Waals surface area contributed by atoms with E-state index in [4.69, 9.17) is 19.5 Å². The van der Waals surface area contributed by atoms with E-state index in [-0.39, 0.29) is 42.0 Å². The van der Waals surface area contributed by atoms with Crippen molar-refractivity contribution >= 4 is 64.0 Å². The summed E-state index contributed by atoms with van der Waals surface area (Å²) in [7, 11) is -16.4. The van der Waals surface area contributed by atoms with Gasteiger partial charge in [-0.25, -0.2) is 28.6 Å². The lowest BCUT2D eigenvalue weighted by Gasteiger charge is -2.30. The number of nitrogens with one attached hydrogen (secondary N) is 2. The van der Waals surface area contributed by atoms with E-state index in [9.17, 15) is 58.2 Å². The van der Waals surface area contributed by atoms with Gasteiger partial charge in [-0.15, -0.1) is 0 Å². The van der Waals surface area contributed by atoms with Gasteiger partial charge in [-0.3, -0.25) is 27.7 Å². The highest BCUT2D eigenvalue weighted by Crippen LogP contribution is 2.61. The van der Waals surface area contributed by atoms with Gasteiger partial charge in [0.1, 0.15) is 36.3 Å². The number of phosphoric acid groups is 3. The second kappa shape index (κ2) is 32.3. The van der Waals surface area contributed by atoms with Crippen molar-refractivity contribution in [2.24, 2.45) is 5.41 Å². The number of aromatic nitrogens is 4. The molecule has 28 heteroatoms. The Bertz CT molecular complexity index is 2020. The van der Waals surface area contributed by atoms with Gasteiger partial charge < -0.3 is 56.0 Å². The van der Waals surface area contributed by atoms with Gasteiger partial charge in [-0.05, 0) is 18.6 Å². The van der Waals surface area contributed by atoms with Crippen LogP contribution in [-0.4, -0.2) is 135 Å². The molecule has 1 fully saturated rings. The number of amides is 2. The molecule has 0 spiro atoms. The van der Waals surface area contributed by atoms with Crippen LogP contribution in [0.25, 0.3) is 11.2 Å². The summed E-state index contributed by atoms with van der Waals surface area (Å²) < 4.78 is 62.5. The molecule has 8 atom stereocenters. The summed E-state index contributed by atoms with van der Waals surface area (Å²) in [6, 6.07) is 0. The van der Waals surface area contributed by atoms with Crippen LogP contribution in [0.1, 0.15) is 155 Å². The minimum atomic E-state index is -5.57. The number of anilines is 1. The predicted octanol–water partition coefficient (Wildman–Crippen LogP) is 5.93. The van der Waals surface area contributed by atoms with E-state index in [2.05, 4.69) is 41.3 Å². The Hall–Kier alpha value is -2.15. The summed E-state index contributed by atoms with van der Waals surface area (Å²) in [5, 5.41) is 37.1. The molecule has 0 saturated carbocycles. The summed E-state index contributed by atoms with van der Waals surface area (Å²) in [5.74, 6) is 0.0780. The van der Waals surface area contributed by atoms with Crippen LogP contribution in [0.3, 0.4) is 0 Å². The van der Waals surface area contributed by atoms with Crippen molar-refractivity contribution in [2.45, 2.75) is 186 Å². The summed E-state index contributed by atoms with van der Waals surface area (Å²) >= 11 is 1.62. The molecule has 2 aromatic heterocycles. The Balaban J connectivity index is 1.24. The molecule has 0 bridgehead atoms. The van der Waals surface area contributed by atoms with Crippen molar-refractivity contribution < 1.29 is 80.8 Å². The second-order valence-electron chi connectivity index (χ2n) is 18.6. The molecule has 2 amide bonds. The molecule has 410 valence electrons. The number of aliphatic hydroxyl groups excluding tert-OH is 3. The lowest BCUT2D eigenvalue weighted by atomic mass is 9.87. The number of phosphoric ester groups is 3. The maximum Gasteiger partial charge on any atom is 0.481 e. The number of fused-ring (bicyclic) bond motifs is 1. The van der Waals surface area contributed by atoms with Crippen molar-refractivity contribution in [1.82, 2.24) is 30.2 Å². The first-order valence-electron chi connectivity index (χ1n) is 24.7. The van der Waals surface area contributed by atoms with E-state index in [0.717, 1.165) is 42.2 Å². The van der Waals surface area contributed by atoms with E-state index >= 15 is 0 Å². The predicted molar refractivity (Wildman–Crippen MR) is 266 cm³/mol. The molecule has 1 aliphatic heterocycles. The molecule has 0 aromatic carbocycles. The number of carbonyl (C=O) groups excluding carboxylic acids is 2. The number of carbonyl (C=O) groups is 2. The minimum absolute atomic E-state index is 0.0362. The van der Waals surface area contributed by atoms with Gasteiger partial charge in [-0.1, -0.05) is 130 Å². The summed E-state index contributed by atoms with van der Waals surface area (Å²) in [5.41, 5.74) is 4.32. The molecule has 4 unspecified atom stereocenters. The number of rotatable bonds is 40. The first kappa shape index (κ1) is 63.1. The van der Waals surface area contributed by atoms with Crippen LogP contribution in [0, 0.1) is 5.41 Å². The summed E-state index contributed by atoms with van der Waals surface area (Å²) in [6.45, 7) is 3.07. The molecule has 71 heavy (non-hydrogen) atoms. The fourth-order valence-corrected chi connectivity index (χ4v) is 11.5. The van der Waals surface area contributed by atoms with E-state index < -0.39 is 78.6 Å². The maximum atomic E-state index is 12.8. The Morgan fingerprint density at radius 2 is 1.39 bits per heavy atom. The quantitative estimate of drug-likeness (QED) is 0.0273. The zero-order valence-electron chi connectivity index (χ0n) is 41.3. The van der Waals surface area contributed by atoms with Gasteiger partial charge in [0.2, 0.25) is 11.8 Å². The normalized spacial score (nSPS) is 20.1. The smallest absolute Gasteiger partial charge is 0.393 e. The zero-order chi connectivity index (χ0) is 52.5. The van der Waals surface area contributed by atoms with Crippen molar-refractivity contribution in [3.63, 3.8) is 0 Å². The number of nitrogens with two attached hydrogens (primary N) is 1. The number of hydrogen-bond acceptors (Lipinski definition) is 18. The average molecular weight is 1090 g/mol. The number of hydrogen-bond donors (Lipinski definition) is 10. The van der Waals surface area contributed by atoms with E-state index in [1.54, 1.807) is 11.8 Å². The molecular weight excluding hydrogens is 1010 g/mol. The number of imidazole rings is 1. The number of aliphatic hydroxyl groups is 3. The van der Waals surface area contributed by atoms with E-state index in [1.807, 2.05) is 0 Å². The van der Waals surface area contributed by atoms with E-state index in [0.29, 0.717) is 18.7 Å². The fraction of sp³-hybridized carbons (Fsp3) is 0.837. The monoisotopic (exact) mass is 1090 g/mol. The third kappa shape index (κ3) is 24.8. The zero-order valence-corrected chi connectivity index (χ0v) is 44.8. The standard InChI is InChI=1S/C43H80N7O17P3S/c1-4-5-6-7-8-9-10-11-12-13-14-15-16-17-18-19-20-21-32(51)23-26-71-27-25-45-34(52)22-24-46-41(55)38(54)43(2,3)29-64-70(61,62)67-69(59,60)63-28-33-37(66-68(56,57)58)36(53)42(65-33)50-31-49-35-39(44)47-30-48-40(35)50/h30-33,36-38,42,51,53-54H,4-29H2,1-3H3,(H,45,52)(H,46,55)(H,59,60)(H,61,62)(H2,44,47,48)(H2,56,57,58)/t32?,33-,36-,37-,38?,42+/m1/s1. The van der Waals surface area contributed by atoms with Gasteiger partial charge in [0.25, 0.3) is 0 Å². The van der Waals surface area contributed by atoms with Crippen molar-refractivity contribution in [3.05, 3.63) is 12.7 Å². The lowest BCUT2D eigenvalue weighted by Crippen LogP contribution is -2.46. The second-order valence-corrected chi connectivity index (χ2v) is 24.0. The number of unbranched alkanes of at least 4 members (excludes halogenated alkanes) is 16. The Morgan fingerprint density at radius 3 is 1.99 bits per heavy atom. The fourth-order valence-electron chi connectivity index (χ4n) is 7.77. The van der Waals surface area contributed by atoms with Gasteiger partial charge in [-0.2, -0.15) is 16.1 Å².